The summed E-state index contributed by atoms with van der Waals surface area (Å²) in [4.78, 5) is 20.7. The van der Waals surface area contributed by atoms with Crippen LogP contribution in [-0.4, -0.2) is 53.9 Å². The molecule has 27 heavy (non-hydrogen) atoms. The molecule has 1 aromatic carbocycles. The van der Waals surface area contributed by atoms with Gasteiger partial charge in [0.15, 0.2) is 0 Å². The number of methoxy groups -OCH3 is 2. The van der Waals surface area contributed by atoms with E-state index in [2.05, 4.69) is 15.3 Å². The Balaban J connectivity index is 2.54. The number of nitro groups is 1. The Hall–Kier alpha value is -2.85. The minimum absolute atomic E-state index is 0.0269. The highest BCUT2D eigenvalue weighted by Crippen LogP contribution is 2.40. The predicted octanol–water partition coefficient (Wildman–Crippen LogP) is 2.62. The molecular weight excluding hydrogens is 378 g/mol. The van der Waals surface area contributed by atoms with Gasteiger partial charge in [0.25, 0.3) is 0 Å². The molecule has 2 aromatic rings. The number of rotatable bonds is 9. The summed E-state index contributed by atoms with van der Waals surface area (Å²) in [5, 5.41) is 24.1. The van der Waals surface area contributed by atoms with Crippen LogP contribution in [0.3, 0.4) is 0 Å². The lowest BCUT2D eigenvalue weighted by atomic mass is 10.2. The molecule has 0 aliphatic heterocycles. The van der Waals surface area contributed by atoms with E-state index in [9.17, 15) is 15.2 Å². The Morgan fingerprint density at radius 3 is 2.56 bits per heavy atom. The molecule has 0 aliphatic carbocycles. The highest BCUT2D eigenvalue weighted by Gasteiger charge is 2.27. The number of aliphatic hydroxyl groups is 1. The SMILES string of the molecule is CCN(CCO)c1ncnc(Nc2cc(Cl)c(OC)cc2OC)c1[N+](=O)[O-]. The third kappa shape index (κ3) is 4.47. The zero-order chi connectivity index (χ0) is 20.0. The fourth-order valence-corrected chi connectivity index (χ4v) is 2.72. The molecule has 0 radical (unpaired) electrons. The van der Waals surface area contributed by atoms with Gasteiger partial charge in [-0.2, -0.15) is 0 Å². The summed E-state index contributed by atoms with van der Waals surface area (Å²) in [6.07, 6.45) is 1.21. The lowest BCUT2D eigenvalue weighted by molar-refractivity contribution is -0.383. The maximum absolute atomic E-state index is 11.7. The van der Waals surface area contributed by atoms with Crippen molar-refractivity contribution in [1.29, 1.82) is 0 Å². The molecule has 0 aliphatic rings. The molecule has 2 rings (SSSR count). The molecule has 0 fully saturated rings. The molecule has 146 valence electrons. The number of nitrogens with zero attached hydrogens (tertiary/aromatic N) is 4. The van der Waals surface area contributed by atoms with Crippen LogP contribution < -0.4 is 19.7 Å². The minimum Gasteiger partial charge on any atom is -0.495 e. The third-order valence-electron chi connectivity index (χ3n) is 3.76. The topological polar surface area (TPSA) is 123 Å². The molecule has 10 nitrogen and oxygen atoms in total. The number of ether oxygens (including phenoxy) is 2. The first-order valence-corrected chi connectivity index (χ1v) is 8.38. The van der Waals surface area contributed by atoms with Gasteiger partial charge in [-0.1, -0.05) is 11.6 Å². The van der Waals surface area contributed by atoms with Crippen molar-refractivity contribution in [3.63, 3.8) is 0 Å². The summed E-state index contributed by atoms with van der Waals surface area (Å²) in [5.41, 5.74) is 0.0584. The predicted molar refractivity (Wildman–Crippen MR) is 101 cm³/mol. The number of hydrogen-bond donors (Lipinski definition) is 2. The Morgan fingerprint density at radius 2 is 2.00 bits per heavy atom. The summed E-state index contributed by atoms with van der Waals surface area (Å²) < 4.78 is 10.4. The number of likely N-dealkylation sites (N-methyl/N-ethyl adjacent to an activating group) is 1. The van der Waals surface area contributed by atoms with Gasteiger partial charge in [0.1, 0.15) is 17.8 Å². The largest absolute Gasteiger partial charge is 0.495 e. The number of halogens is 1. The van der Waals surface area contributed by atoms with E-state index in [1.54, 1.807) is 17.9 Å². The summed E-state index contributed by atoms with van der Waals surface area (Å²) in [6.45, 7) is 2.27. The first-order chi connectivity index (χ1) is 13.0. The van der Waals surface area contributed by atoms with Crippen molar-refractivity contribution in [2.45, 2.75) is 6.92 Å². The monoisotopic (exact) mass is 397 g/mol. The van der Waals surface area contributed by atoms with Crippen molar-refractivity contribution in [2.75, 3.05) is 44.1 Å². The number of benzene rings is 1. The van der Waals surface area contributed by atoms with Crippen molar-refractivity contribution in [2.24, 2.45) is 0 Å². The fraction of sp³-hybridized carbons (Fsp3) is 0.375. The Morgan fingerprint density at radius 1 is 1.30 bits per heavy atom. The number of aliphatic hydroxyl groups excluding tert-OH is 1. The number of anilines is 3. The molecule has 1 heterocycles. The first-order valence-electron chi connectivity index (χ1n) is 8.00. The van der Waals surface area contributed by atoms with Crippen LogP contribution in [0.5, 0.6) is 11.5 Å². The van der Waals surface area contributed by atoms with Crippen LogP contribution in [-0.2, 0) is 0 Å². The Bertz CT molecular complexity index is 820. The van der Waals surface area contributed by atoms with Crippen LogP contribution in [0.2, 0.25) is 5.02 Å². The van der Waals surface area contributed by atoms with Gasteiger partial charge in [0.05, 0.1) is 36.5 Å². The third-order valence-corrected chi connectivity index (χ3v) is 4.06. The highest BCUT2D eigenvalue weighted by molar-refractivity contribution is 6.32. The van der Waals surface area contributed by atoms with Gasteiger partial charge in [-0.05, 0) is 13.0 Å². The van der Waals surface area contributed by atoms with Crippen molar-refractivity contribution < 1.29 is 19.5 Å². The average Bonchev–Trinajstić information content (AvgIpc) is 2.66. The molecule has 0 bridgehead atoms. The van der Waals surface area contributed by atoms with E-state index in [1.165, 1.54) is 26.6 Å². The molecule has 1 aromatic heterocycles. The van der Waals surface area contributed by atoms with Crippen LogP contribution in [0.1, 0.15) is 6.92 Å². The highest BCUT2D eigenvalue weighted by atomic mass is 35.5. The molecule has 0 unspecified atom stereocenters. The van der Waals surface area contributed by atoms with Gasteiger partial charge in [0.2, 0.25) is 11.6 Å². The van der Waals surface area contributed by atoms with Crippen molar-refractivity contribution in [1.82, 2.24) is 9.97 Å². The van der Waals surface area contributed by atoms with E-state index >= 15 is 0 Å². The molecular formula is C16H20ClN5O5. The first kappa shape index (κ1) is 20.5. The summed E-state index contributed by atoms with van der Waals surface area (Å²) in [6, 6.07) is 3.08. The quantitative estimate of drug-likeness (QED) is 0.485. The molecule has 0 atom stereocenters. The van der Waals surface area contributed by atoms with E-state index in [1.807, 2.05) is 0 Å². The average molecular weight is 398 g/mol. The van der Waals surface area contributed by atoms with E-state index in [-0.39, 0.29) is 30.5 Å². The number of aromatic nitrogens is 2. The molecule has 0 amide bonds. The standard InChI is InChI=1S/C16H20ClN5O5/c1-4-21(5-6-23)16-14(22(24)25)15(18-9-19-16)20-11-7-10(17)12(26-2)8-13(11)27-3/h7-9,23H,4-6H2,1-3H3,(H,18,19,20). The normalized spacial score (nSPS) is 10.4. The lowest BCUT2D eigenvalue weighted by Gasteiger charge is -2.21. The zero-order valence-corrected chi connectivity index (χ0v) is 15.9. The minimum atomic E-state index is -0.574. The maximum atomic E-state index is 11.7. The number of hydrogen-bond acceptors (Lipinski definition) is 9. The van der Waals surface area contributed by atoms with Crippen LogP contribution in [0.15, 0.2) is 18.5 Å². The zero-order valence-electron chi connectivity index (χ0n) is 15.1. The van der Waals surface area contributed by atoms with Crippen molar-refractivity contribution in [3.05, 3.63) is 33.6 Å². The van der Waals surface area contributed by atoms with Crippen LogP contribution >= 0.6 is 11.6 Å². The van der Waals surface area contributed by atoms with Gasteiger partial charge in [-0.3, -0.25) is 10.1 Å². The number of nitrogens with one attached hydrogen (secondary N) is 1. The molecule has 2 N–H and O–H groups in total. The maximum Gasteiger partial charge on any atom is 0.353 e. The molecule has 0 saturated heterocycles. The van der Waals surface area contributed by atoms with Gasteiger partial charge in [-0.15, -0.1) is 0 Å². The van der Waals surface area contributed by atoms with Crippen LogP contribution in [0.4, 0.5) is 23.0 Å². The van der Waals surface area contributed by atoms with E-state index in [0.717, 1.165) is 0 Å². The second-order valence-electron chi connectivity index (χ2n) is 5.27. The molecule has 11 heteroatoms. The second kappa shape index (κ2) is 9.19. The summed E-state index contributed by atoms with van der Waals surface area (Å²) in [5.74, 6) is 0.846. The van der Waals surface area contributed by atoms with Gasteiger partial charge in [-0.25, -0.2) is 9.97 Å². The summed E-state index contributed by atoms with van der Waals surface area (Å²) >= 11 is 6.15. The smallest absolute Gasteiger partial charge is 0.353 e. The van der Waals surface area contributed by atoms with E-state index < -0.39 is 4.92 Å². The Labute approximate surface area is 160 Å². The van der Waals surface area contributed by atoms with Gasteiger partial charge >= 0.3 is 5.69 Å². The second-order valence-corrected chi connectivity index (χ2v) is 5.67. The van der Waals surface area contributed by atoms with E-state index in [0.29, 0.717) is 28.8 Å². The molecule has 0 saturated carbocycles. The van der Waals surface area contributed by atoms with Crippen LogP contribution in [0.25, 0.3) is 0 Å². The molecule has 0 spiro atoms. The van der Waals surface area contributed by atoms with Gasteiger partial charge in [0, 0.05) is 19.2 Å². The van der Waals surface area contributed by atoms with Crippen molar-refractivity contribution >= 4 is 34.6 Å². The van der Waals surface area contributed by atoms with Crippen molar-refractivity contribution in [3.8, 4) is 11.5 Å². The summed E-state index contributed by atoms with van der Waals surface area (Å²) in [7, 11) is 2.92. The van der Waals surface area contributed by atoms with E-state index in [4.69, 9.17) is 21.1 Å². The van der Waals surface area contributed by atoms with Crippen LogP contribution in [0, 0.1) is 10.1 Å². The lowest BCUT2D eigenvalue weighted by Crippen LogP contribution is -2.28. The Kier molecular flexibility index (Phi) is 6.97. The fourth-order valence-electron chi connectivity index (χ4n) is 2.48. The van der Waals surface area contributed by atoms with Gasteiger partial charge < -0.3 is 24.8 Å².